The van der Waals surface area contributed by atoms with Crippen LogP contribution in [-0.2, 0) is 30.4 Å². The molecule has 0 bridgehead atoms. The lowest BCUT2D eigenvalue weighted by atomic mass is 10.0. The van der Waals surface area contributed by atoms with Crippen molar-refractivity contribution in [3.8, 4) is 0 Å². The fourth-order valence-electron chi connectivity index (χ4n) is 3.66. The molecular formula is C25H40N6O6. The van der Waals surface area contributed by atoms with E-state index in [1.807, 2.05) is 13.8 Å². The Labute approximate surface area is 217 Å². The van der Waals surface area contributed by atoms with E-state index in [1.165, 1.54) is 0 Å². The lowest BCUT2D eigenvalue weighted by molar-refractivity contribution is -0.143. The van der Waals surface area contributed by atoms with Crippen LogP contribution in [0.4, 0.5) is 0 Å². The SMILES string of the molecule is CC(C)CC(N)C(=O)NC(CCCCN)C(=O)NC(Cc1ccccc1)C(=O)NC(CC(N)=O)C(=O)O. The molecule has 0 radical (unpaired) electrons. The molecule has 206 valence electrons. The fourth-order valence-corrected chi connectivity index (χ4v) is 3.66. The lowest BCUT2D eigenvalue weighted by Crippen LogP contribution is -2.58. The van der Waals surface area contributed by atoms with E-state index in [2.05, 4.69) is 16.0 Å². The van der Waals surface area contributed by atoms with Gasteiger partial charge in [0.2, 0.25) is 23.6 Å². The molecule has 0 saturated carbocycles. The number of hydrogen-bond acceptors (Lipinski definition) is 7. The first-order valence-electron chi connectivity index (χ1n) is 12.4. The summed E-state index contributed by atoms with van der Waals surface area (Å²) < 4.78 is 0. The van der Waals surface area contributed by atoms with Crippen molar-refractivity contribution in [1.82, 2.24) is 16.0 Å². The minimum Gasteiger partial charge on any atom is -0.480 e. The van der Waals surface area contributed by atoms with Crippen molar-refractivity contribution in [2.24, 2.45) is 23.1 Å². The van der Waals surface area contributed by atoms with Crippen LogP contribution in [0.3, 0.4) is 0 Å². The maximum Gasteiger partial charge on any atom is 0.326 e. The zero-order chi connectivity index (χ0) is 28.0. The Morgan fingerprint density at radius 1 is 0.865 bits per heavy atom. The van der Waals surface area contributed by atoms with Crippen molar-refractivity contribution < 1.29 is 29.1 Å². The molecule has 0 fully saturated rings. The van der Waals surface area contributed by atoms with Gasteiger partial charge in [-0.15, -0.1) is 0 Å². The second-order valence-electron chi connectivity index (χ2n) is 9.40. The first kappa shape index (κ1) is 31.5. The Morgan fingerprint density at radius 2 is 1.43 bits per heavy atom. The number of aliphatic carboxylic acids is 1. The van der Waals surface area contributed by atoms with Gasteiger partial charge in [-0.1, -0.05) is 44.2 Å². The normalized spacial score (nSPS) is 14.2. The third-order valence-corrected chi connectivity index (χ3v) is 5.58. The van der Waals surface area contributed by atoms with E-state index < -0.39 is 60.2 Å². The summed E-state index contributed by atoms with van der Waals surface area (Å²) in [7, 11) is 0. The molecule has 1 aromatic carbocycles. The van der Waals surface area contributed by atoms with Crippen LogP contribution >= 0.6 is 0 Å². The van der Waals surface area contributed by atoms with Gasteiger partial charge in [0.05, 0.1) is 12.5 Å². The summed E-state index contributed by atoms with van der Waals surface area (Å²) in [5, 5.41) is 16.9. The molecule has 0 spiro atoms. The maximum absolute atomic E-state index is 13.3. The molecule has 0 aromatic heterocycles. The number of primary amides is 1. The Bertz CT molecular complexity index is 910. The van der Waals surface area contributed by atoms with Crippen LogP contribution in [0.2, 0.25) is 0 Å². The first-order chi connectivity index (χ1) is 17.4. The summed E-state index contributed by atoms with van der Waals surface area (Å²) in [4.78, 5) is 61.7. The number of rotatable bonds is 17. The Hall–Kier alpha value is -3.51. The molecule has 0 aliphatic heterocycles. The highest BCUT2D eigenvalue weighted by Gasteiger charge is 2.31. The highest BCUT2D eigenvalue weighted by Crippen LogP contribution is 2.09. The van der Waals surface area contributed by atoms with Gasteiger partial charge in [-0.2, -0.15) is 0 Å². The van der Waals surface area contributed by atoms with Crippen LogP contribution in [-0.4, -0.2) is 65.4 Å². The van der Waals surface area contributed by atoms with E-state index in [9.17, 15) is 29.1 Å². The minimum atomic E-state index is -1.56. The third-order valence-electron chi connectivity index (χ3n) is 5.58. The van der Waals surface area contributed by atoms with Gasteiger partial charge in [0.1, 0.15) is 18.1 Å². The number of benzene rings is 1. The second kappa shape index (κ2) is 16.3. The van der Waals surface area contributed by atoms with Gasteiger partial charge in [-0.05, 0) is 43.7 Å². The van der Waals surface area contributed by atoms with Gasteiger partial charge in [0.15, 0.2) is 0 Å². The van der Waals surface area contributed by atoms with E-state index in [1.54, 1.807) is 30.3 Å². The molecule has 0 saturated heterocycles. The molecule has 37 heavy (non-hydrogen) atoms. The van der Waals surface area contributed by atoms with Crippen molar-refractivity contribution in [2.75, 3.05) is 6.54 Å². The molecule has 12 heteroatoms. The van der Waals surface area contributed by atoms with Crippen LogP contribution in [0.15, 0.2) is 30.3 Å². The molecule has 0 aliphatic rings. The van der Waals surface area contributed by atoms with Gasteiger partial charge in [-0.25, -0.2) is 4.79 Å². The maximum atomic E-state index is 13.3. The highest BCUT2D eigenvalue weighted by atomic mass is 16.4. The quantitative estimate of drug-likeness (QED) is 0.128. The number of carboxylic acids is 1. The van der Waals surface area contributed by atoms with Crippen molar-refractivity contribution >= 4 is 29.6 Å². The first-order valence-corrected chi connectivity index (χ1v) is 12.4. The van der Waals surface area contributed by atoms with Crippen molar-refractivity contribution in [1.29, 1.82) is 0 Å². The summed E-state index contributed by atoms with van der Waals surface area (Å²) in [5.41, 5.74) is 17.3. The number of hydrogen-bond donors (Lipinski definition) is 7. The van der Waals surface area contributed by atoms with E-state index in [-0.39, 0.29) is 18.8 Å². The molecule has 1 rings (SSSR count). The van der Waals surface area contributed by atoms with Crippen molar-refractivity contribution in [3.63, 3.8) is 0 Å². The molecule has 4 amide bonds. The number of carboxylic acid groups (broad SMARTS) is 1. The van der Waals surface area contributed by atoms with Gasteiger partial charge in [0.25, 0.3) is 0 Å². The zero-order valence-corrected chi connectivity index (χ0v) is 21.4. The number of unbranched alkanes of at least 4 members (excludes halogenated alkanes) is 1. The minimum absolute atomic E-state index is 0.0393. The largest absolute Gasteiger partial charge is 0.480 e. The second-order valence-corrected chi connectivity index (χ2v) is 9.40. The number of carbonyl (C=O) groups is 5. The summed E-state index contributed by atoms with van der Waals surface area (Å²) >= 11 is 0. The molecule has 4 unspecified atom stereocenters. The fraction of sp³-hybridized carbons (Fsp3) is 0.560. The van der Waals surface area contributed by atoms with Crippen LogP contribution in [0.25, 0.3) is 0 Å². The third kappa shape index (κ3) is 12.3. The van der Waals surface area contributed by atoms with Crippen LogP contribution in [0.1, 0.15) is 51.5 Å². The van der Waals surface area contributed by atoms with E-state index in [4.69, 9.17) is 17.2 Å². The van der Waals surface area contributed by atoms with Crippen LogP contribution in [0, 0.1) is 5.92 Å². The lowest BCUT2D eigenvalue weighted by Gasteiger charge is -2.25. The van der Waals surface area contributed by atoms with Crippen molar-refractivity contribution in [3.05, 3.63) is 35.9 Å². The number of nitrogens with two attached hydrogens (primary N) is 3. The van der Waals surface area contributed by atoms with Gasteiger partial charge in [0, 0.05) is 6.42 Å². The topological polar surface area (TPSA) is 220 Å². The monoisotopic (exact) mass is 520 g/mol. The van der Waals surface area contributed by atoms with Crippen LogP contribution < -0.4 is 33.2 Å². The standard InChI is InChI=1S/C25H40N6O6/c1-15(2)12-17(27)22(33)29-18(10-6-7-11-26)23(34)30-19(13-16-8-4-3-5-9-16)24(35)31-20(25(36)37)14-21(28)32/h3-5,8-9,15,17-20H,6-7,10-14,26-27H2,1-2H3,(H2,28,32)(H,29,33)(H,30,34)(H,31,35)(H,36,37). The predicted octanol–water partition coefficient (Wildman–Crippen LogP) is -0.854. The summed E-state index contributed by atoms with van der Waals surface area (Å²) in [6.45, 7) is 4.26. The predicted molar refractivity (Wildman–Crippen MR) is 138 cm³/mol. The smallest absolute Gasteiger partial charge is 0.326 e. The zero-order valence-electron chi connectivity index (χ0n) is 21.4. The van der Waals surface area contributed by atoms with E-state index in [0.29, 0.717) is 31.4 Å². The molecule has 4 atom stereocenters. The summed E-state index contributed by atoms with van der Waals surface area (Å²) in [6.07, 6.45) is 1.29. The summed E-state index contributed by atoms with van der Waals surface area (Å²) in [5.74, 6) is -4.10. The van der Waals surface area contributed by atoms with Gasteiger partial charge >= 0.3 is 5.97 Å². The van der Waals surface area contributed by atoms with E-state index in [0.717, 1.165) is 0 Å². The van der Waals surface area contributed by atoms with Gasteiger partial charge in [-0.3, -0.25) is 19.2 Å². The molecule has 1 aromatic rings. The summed E-state index contributed by atoms with van der Waals surface area (Å²) in [6, 6.07) is 4.25. The van der Waals surface area contributed by atoms with Crippen molar-refractivity contribution in [2.45, 2.75) is 76.5 Å². The number of nitrogens with one attached hydrogen (secondary N) is 3. The van der Waals surface area contributed by atoms with E-state index >= 15 is 0 Å². The molecule has 0 aliphatic carbocycles. The molecule has 12 nitrogen and oxygen atoms in total. The molecular weight excluding hydrogens is 480 g/mol. The highest BCUT2D eigenvalue weighted by molar-refractivity contribution is 5.95. The number of amides is 4. The Kier molecular flexibility index (Phi) is 13.9. The Morgan fingerprint density at radius 3 is 1.97 bits per heavy atom. The Balaban J connectivity index is 3.12. The van der Waals surface area contributed by atoms with Gasteiger partial charge < -0.3 is 38.3 Å². The molecule has 0 heterocycles. The average Bonchev–Trinajstić information content (AvgIpc) is 2.82. The molecule has 10 N–H and O–H groups in total. The average molecular weight is 521 g/mol. The van der Waals surface area contributed by atoms with Crippen LogP contribution in [0.5, 0.6) is 0 Å². The number of carbonyl (C=O) groups excluding carboxylic acids is 4.